The molecule has 4 N–H and O–H groups in total. The maximum Gasteiger partial charge on any atom is 0.338 e. The maximum absolute atomic E-state index is 14.4. The number of hydrogen-bond donors (Lipinski definition) is 3. The molecule has 0 spiro atoms. The number of carbonyl (C=O) groups excluding carboxylic acids is 1. The maximum atomic E-state index is 14.4. The van der Waals surface area contributed by atoms with E-state index in [1.54, 1.807) is 24.3 Å². The Morgan fingerprint density at radius 3 is 2.66 bits per heavy atom. The summed E-state index contributed by atoms with van der Waals surface area (Å²) >= 11 is 6.05. The summed E-state index contributed by atoms with van der Waals surface area (Å²) in [6.45, 7) is 4.90. The predicted molar refractivity (Wildman–Crippen MR) is 156 cm³/mol. The molecule has 0 aliphatic carbocycles. The van der Waals surface area contributed by atoms with E-state index < -0.39 is 23.5 Å². The molecular formula is C29H30ClFN6O4. The van der Waals surface area contributed by atoms with Gasteiger partial charge >= 0.3 is 5.97 Å². The molecule has 214 valence electrons. The second-order valence-corrected chi connectivity index (χ2v) is 10.3. The molecule has 0 saturated heterocycles. The van der Waals surface area contributed by atoms with E-state index in [2.05, 4.69) is 25.3 Å². The predicted octanol–water partition coefficient (Wildman–Crippen LogP) is 5.60. The van der Waals surface area contributed by atoms with Gasteiger partial charge in [-0.15, -0.1) is 0 Å². The summed E-state index contributed by atoms with van der Waals surface area (Å²) in [6, 6.07) is 9.20. The third-order valence-corrected chi connectivity index (χ3v) is 6.30. The van der Waals surface area contributed by atoms with Crippen molar-refractivity contribution in [1.29, 1.82) is 0 Å². The lowest BCUT2D eigenvalue weighted by molar-refractivity contribution is -0.0663. The van der Waals surface area contributed by atoms with Gasteiger partial charge in [-0.1, -0.05) is 23.7 Å². The molecule has 4 rings (SSSR count). The van der Waals surface area contributed by atoms with Gasteiger partial charge in [0.2, 0.25) is 11.8 Å². The Labute approximate surface area is 241 Å². The van der Waals surface area contributed by atoms with Gasteiger partial charge in [-0.25, -0.2) is 29.1 Å². The number of methoxy groups -OCH3 is 1. The van der Waals surface area contributed by atoms with Crippen LogP contribution < -0.4 is 15.8 Å². The van der Waals surface area contributed by atoms with Crippen molar-refractivity contribution in [3.8, 4) is 5.88 Å². The zero-order valence-corrected chi connectivity index (χ0v) is 23.7. The number of aromatic nitrogens is 2. The number of carbonyl (C=O) groups is 1. The van der Waals surface area contributed by atoms with Crippen LogP contribution in [0.5, 0.6) is 5.88 Å². The quantitative estimate of drug-likeness (QED) is 0.292. The molecule has 1 aliphatic heterocycles. The summed E-state index contributed by atoms with van der Waals surface area (Å²) in [5.41, 5.74) is 7.19. The molecular weight excluding hydrogens is 551 g/mol. The van der Waals surface area contributed by atoms with Crippen LogP contribution in [0.2, 0.25) is 5.02 Å². The average molecular weight is 581 g/mol. The molecule has 41 heavy (non-hydrogen) atoms. The molecule has 2 aromatic heterocycles. The van der Waals surface area contributed by atoms with Crippen LogP contribution in [-0.2, 0) is 4.74 Å². The van der Waals surface area contributed by atoms with Crippen molar-refractivity contribution in [2.24, 2.45) is 15.7 Å². The third kappa shape index (κ3) is 7.44. The lowest BCUT2D eigenvalue weighted by atomic mass is 9.94. The fraction of sp³-hybridized carbons (Fsp3) is 0.276. The molecule has 0 radical (unpaired) electrons. The van der Waals surface area contributed by atoms with Crippen molar-refractivity contribution in [1.82, 2.24) is 9.97 Å². The molecule has 3 aromatic rings. The van der Waals surface area contributed by atoms with Crippen molar-refractivity contribution in [3.63, 3.8) is 0 Å². The Hall–Kier alpha value is -4.35. The summed E-state index contributed by atoms with van der Waals surface area (Å²) in [5.74, 6) is -1.15. The number of nitrogens with two attached hydrogens (primary N) is 1. The van der Waals surface area contributed by atoms with Gasteiger partial charge in [0, 0.05) is 34.1 Å². The normalized spacial score (nSPS) is 14.6. The first-order valence-corrected chi connectivity index (χ1v) is 13.1. The first-order chi connectivity index (χ1) is 19.4. The number of guanidine groups is 1. The van der Waals surface area contributed by atoms with Crippen molar-refractivity contribution < 1.29 is 23.8 Å². The number of ether oxygens (including phenoxy) is 2. The van der Waals surface area contributed by atoms with E-state index in [1.807, 2.05) is 13.0 Å². The van der Waals surface area contributed by atoms with Crippen LogP contribution >= 0.6 is 11.6 Å². The molecule has 1 unspecified atom stereocenters. The van der Waals surface area contributed by atoms with E-state index in [4.69, 9.17) is 26.8 Å². The number of esters is 1. The van der Waals surface area contributed by atoms with E-state index in [0.29, 0.717) is 46.2 Å². The van der Waals surface area contributed by atoms with Crippen molar-refractivity contribution in [2.75, 3.05) is 12.4 Å². The number of rotatable bonds is 8. The van der Waals surface area contributed by atoms with Gasteiger partial charge in [0.05, 0.1) is 30.3 Å². The smallest absolute Gasteiger partial charge is 0.338 e. The summed E-state index contributed by atoms with van der Waals surface area (Å²) in [5, 5.41) is 14.5. The van der Waals surface area contributed by atoms with Gasteiger partial charge in [-0.05, 0) is 57.9 Å². The number of allylic oxidation sites excluding steroid dienone is 1. The zero-order chi connectivity index (χ0) is 29.7. The van der Waals surface area contributed by atoms with Gasteiger partial charge in [0.15, 0.2) is 11.9 Å². The Balaban J connectivity index is 1.80. The zero-order valence-electron chi connectivity index (χ0n) is 23.0. The highest BCUT2D eigenvalue weighted by Crippen LogP contribution is 2.35. The average Bonchev–Trinajstić information content (AvgIpc) is 2.90. The monoisotopic (exact) mass is 580 g/mol. The molecule has 10 nitrogen and oxygen atoms in total. The highest BCUT2D eigenvalue weighted by Gasteiger charge is 2.34. The number of nitrogens with zero attached hydrogens (tertiary/aromatic N) is 4. The number of aliphatic hydroxyl groups is 1. The Morgan fingerprint density at radius 1 is 1.20 bits per heavy atom. The second-order valence-electron chi connectivity index (χ2n) is 9.90. The molecule has 1 aromatic carbocycles. The van der Waals surface area contributed by atoms with Gasteiger partial charge in [-0.2, -0.15) is 0 Å². The van der Waals surface area contributed by atoms with Crippen LogP contribution in [0.3, 0.4) is 0 Å². The summed E-state index contributed by atoms with van der Waals surface area (Å²) in [6.07, 6.45) is 4.86. The van der Waals surface area contributed by atoms with Gasteiger partial charge in [0.1, 0.15) is 11.4 Å². The molecule has 3 heterocycles. The number of pyridine rings is 2. The number of benzene rings is 1. The van der Waals surface area contributed by atoms with Gasteiger partial charge in [-0.3, -0.25) is 0 Å². The van der Waals surface area contributed by atoms with E-state index in [1.165, 1.54) is 45.5 Å². The van der Waals surface area contributed by atoms with Crippen LogP contribution in [0.4, 0.5) is 15.9 Å². The molecule has 1 aliphatic rings. The number of anilines is 2. The van der Waals surface area contributed by atoms with Gasteiger partial charge < -0.3 is 25.6 Å². The second kappa shape index (κ2) is 12.4. The van der Waals surface area contributed by atoms with E-state index in [0.717, 1.165) is 5.71 Å². The van der Waals surface area contributed by atoms with Crippen molar-refractivity contribution >= 4 is 46.4 Å². The van der Waals surface area contributed by atoms with Crippen LogP contribution in [0, 0.1) is 5.82 Å². The van der Waals surface area contributed by atoms with E-state index in [-0.39, 0.29) is 17.4 Å². The molecule has 0 saturated carbocycles. The van der Waals surface area contributed by atoms with Crippen molar-refractivity contribution in [3.05, 3.63) is 82.4 Å². The highest BCUT2D eigenvalue weighted by atomic mass is 35.5. The topological polar surface area (TPSA) is 144 Å². The van der Waals surface area contributed by atoms with E-state index >= 15 is 0 Å². The Kier molecular flexibility index (Phi) is 8.99. The Bertz CT molecular complexity index is 1550. The molecule has 1 atom stereocenters. The first kappa shape index (κ1) is 29.6. The molecule has 12 heteroatoms. The molecule has 0 amide bonds. The minimum Gasteiger partial charge on any atom is -0.479 e. The van der Waals surface area contributed by atoms with E-state index in [9.17, 15) is 14.3 Å². The van der Waals surface area contributed by atoms with Gasteiger partial charge in [0.25, 0.3) is 0 Å². The lowest BCUT2D eigenvalue weighted by Crippen LogP contribution is -2.33. The minimum atomic E-state index is -1.51. The standard InChI is InChI=1S/C29H30ClFN6O4/c1-16-7-5-10-23(37-28(32)35-16)21-12-18(14-33-25(21)36-20-13-22(31)26(40-4)34-15-20)24(29(2,3)39)41-27(38)17-8-6-9-19(30)11-17/h6,8-15,24,39H,5,7H2,1-4H3,(H2,32,37)(H,33,36). The number of aliphatic imine (C=N–C) groups is 2. The Morgan fingerprint density at radius 2 is 1.98 bits per heavy atom. The SMILES string of the molecule is COc1ncc(Nc2ncc(C(OC(=O)c3cccc(Cl)c3)C(C)(C)O)cc2C2=CCCC(C)=NC(N)=N2)cc1F. The van der Waals surface area contributed by atoms with Crippen LogP contribution in [0.25, 0.3) is 5.70 Å². The lowest BCUT2D eigenvalue weighted by Gasteiger charge is -2.30. The molecule has 0 bridgehead atoms. The largest absolute Gasteiger partial charge is 0.479 e. The highest BCUT2D eigenvalue weighted by molar-refractivity contribution is 6.30. The fourth-order valence-corrected chi connectivity index (χ4v) is 4.33. The van der Waals surface area contributed by atoms with Crippen LogP contribution in [-0.4, -0.2) is 45.4 Å². The summed E-state index contributed by atoms with van der Waals surface area (Å²) in [4.78, 5) is 30.3. The van der Waals surface area contributed by atoms with Crippen LogP contribution in [0.15, 0.2) is 64.9 Å². The number of hydrogen-bond acceptors (Lipinski definition) is 10. The third-order valence-electron chi connectivity index (χ3n) is 6.06. The van der Waals surface area contributed by atoms with Crippen molar-refractivity contribution in [2.45, 2.75) is 45.3 Å². The fourth-order valence-electron chi connectivity index (χ4n) is 4.14. The summed E-state index contributed by atoms with van der Waals surface area (Å²) in [7, 11) is 1.32. The number of nitrogens with one attached hydrogen (secondary N) is 1. The van der Waals surface area contributed by atoms with Crippen LogP contribution in [0.1, 0.15) is 61.2 Å². The summed E-state index contributed by atoms with van der Waals surface area (Å²) < 4.78 is 25.1. The number of halogens is 2. The minimum absolute atomic E-state index is 0.0494. The first-order valence-electron chi connectivity index (χ1n) is 12.7. The molecule has 0 fully saturated rings.